The van der Waals surface area contributed by atoms with Crippen molar-refractivity contribution in [3.63, 3.8) is 0 Å². The molecule has 0 unspecified atom stereocenters. The third kappa shape index (κ3) is 3.64. The molecule has 0 aliphatic heterocycles. The van der Waals surface area contributed by atoms with Crippen molar-refractivity contribution in [2.75, 3.05) is 0 Å². The molecule has 3 rings (SSSR count). The molecule has 3 aromatic carbocycles. The zero-order valence-corrected chi connectivity index (χ0v) is 13.2. The Morgan fingerprint density at radius 2 is 1.41 bits per heavy atom. The molecule has 0 aliphatic rings. The fraction of sp³-hybridized carbons (Fsp3) is 0. The summed E-state index contributed by atoms with van der Waals surface area (Å²) >= 11 is 0. The normalized spacial score (nSPS) is 11.1. The van der Waals surface area contributed by atoms with E-state index in [-0.39, 0.29) is 17.3 Å². The van der Waals surface area contributed by atoms with Gasteiger partial charge in [0.2, 0.25) is 0 Å². The minimum atomic E-state index is -3.56. The summed E-state index contributed by atoms with van der Waals surface area (Å²) in [7, 11) is -3.56. The molecule has 0 aromatic heterocycles. The Labute approximate surface area is 135 Å². The van der Waals surface area contributed by atoms with Crippen LogP contribution in [0, 0.1) is 0 Å². The lowest BCUT2D eigenvalue weighted by Crippen LogP contribution is -3.00. The zero-order valence-electron chi connectivity index (χ0n) is 11.6. The number of nitrogens with two attached hydrogens (primary N) is 1. The largest absolute Gasteiger partial charge is 1.00 e. The lowest BCUT2D eigenvalue weighted by Gasteiger charge is -2.06. The Kier molecular flexibility index (Phi) is 5.15. The van der Waals surface area contributed by atoms with Crippen LogP contribution in [0.4, 0.5) is 5.69 Å². The van der Waals surface area contributed by atoms with E-state index < -0.39 is 10.0 Å². The molecule has 4 nitrogen and oxygen atoms in total. The van der Waals surface area contributed by atoms with Crippen LogP contribution in [0.25, 0.3) is 10.8 Å². The number of benzene rings is 3. The molecule has 3 aromatic rings. The second kappa shape index (κ2) is 6.89. The van der Waals surface area contributed by atoms with E-state index in [1.165, 1.54) is 5.43 Å². The number of rotatable bonds is 4. The maximum Gasteiger partial charge on any atom is 0.282 e. The quantitative estimate of drug-likeness (QED) is 0.363. The summed E-state index contributed by atoms with van der Waals surface area (Å²) in [5.41, 5.74) is 2.30. The summed E-state index contributed by atoms with van der Waals surface area (Å²) in [6, 6.07) is 22.0. The van der Waals surface area contributed by atoms with Crippen molar-refractivity contribution in [2.45, 2.75) is 4.90 Å². The highest BCUT2D eigenvalue weighted by molar-refractivity contribution is 7.89. The van der Waals surface area contributed by atoms with Crippen molar-refractivity contribution in [1.29, 1.82) is 0 Å². The predicted octanol–water partition coefficient (Wildman–Crippen LogP) is -1.07. The van der Waals surface area contributed by atoms with E-state index in [4.69, 9.17) is 0 Å². The van der Waals surface area contributed by atoms with Gasteiger partial charge in [-0.1, -0.05) is 53.4 Å². The van der Waals surface area contributed by atoms with Gasteiger partial charge in [0.15, 0.2) is 0 Å². The van der Waals surface area contributed by atoms with Crippen LogP contribution in [-0.2, 0) is 10.0 Å². The predicted molar refractivity (Wildman–Crippen MR) is 82.3 cm³/mol. The molecule has 0 spiro atoms. The van der Waals surface area contributed by atoms with Crippen LogP contribution in [0.5, 0.6) is 0 Å². The number of hydrogen-bond acceptors (Lipinski definition) is 2. The maximum absolute atomic E-state index is 12.3. The second-order valence-electron chi connectivity index (χ2n) is 4.69. The van der Waals surface area contributed by atoms with Crippen LogP contribution in [0.1, 0.15) is 0 Å². The van der Waals surface area contributed by atoms with Crippen molar-refractivity contribution < 1.29 is 26.3 Å². The topological polar surface area (TPSA) is 62.8 Å². The first-order valence-electron chi connectivity index (χ1n) is 6.54. The number of fused-ring (bicyclic) bond motifs is 1. The first kappa shape index (κ1) is 16.5. The van der Waals surface area contributed by atoms with Crippen molar-refractivity contribution in [3.8, 4) is 0 Å². The number of halogens is 1. The monoisotopic (exact) mass is 334 g/mol. The third-order valence-corrected chi connectivity index (χ3v) is 4.51. The minimum absolute atomic E-state index is 0. The molecule has 6 heteroatoms. The zero-order chi connectivity index (χ0) is 14.7. The average Bonchev–Trinajstić information content (AvgIpc) is 2.53. The van der Waals surface area contributed by atoms with E-state index in [9.17, 15) is 8.42 Å². The Balaban J connectivity index is 0.00000176. The van der Waals surface area contributed by atoms with E-state index in [1.807, 2.05) is 60.7 Å². The van der Waals surface area contributed by atoms with Gasteiger partial charge in [-0.05, 0) is 22.9 Å². The molecule has 3 N–H and O–H groups in total. The molecule has 0 saturated heterocycles. The minimum Gasteiger partial charge on any atom is -1.00 e. The third-order valence-electron chi connectivity index (χ3n) is 3.21. The van der Waals surface area contributed by atoms with Gasteiger partial charge in [-0.2, -0.15) is 0 Å². The molecular weight excluding hydrogens is 320 g/mol. The highest BCUT2D eigenvalue weighted by atomic mass is 35.5. The highest BCUT2D eigenvalue weighted by Gasteiger charge is 2.16. The van der Waals surface area contributed by atoms with Gasteiger partial charge < -0.3 is 12.4 Å². The Bertz CT molecular complexity index is 867. The van der Waals surface area contributed by atoms with Crippen LogP contribution < -0.4 is 22.7 Å². The first-order chi connectivity index (χ1) is 10.1. The van der Waals surface area contributed by atoms with E-state index >= 15 is 0 Å². The second-order valence-corrected chi connectivity index (χ2v) is 6.40. The Hall–Kier alpha value is -1.92. The summed E-state index contributed by atoms with van der Waals surface area (Å²) in [5.74, 6) is 0. The van der Waals surface area contributed by atoms with E-state index in [0.717, 1.165) is 16.5 Å². The van der Waals surface area contributed by atoms with E-state index in [1.54, 1.807) is 12.1 Å². The van der Waals surface area contributed by atoms with Gasteiger partial charge in [-0.15, -0.1) is 0 Å². The molecule has 0 amide bonds. The number of sulfonamides is 1. The van der Waals surface area contributed by atoms with Gasteiger partial charge >= 0.3 is 0 Å². The lowest BCUT2D eigenvalue weighted by molar-refractivity contribution is -0.610. The molecule has 0 heterocycles. The molecule has 0 bridgehead atoms. The first-order valence-corrected chi connectivity index (χ1v) is 8.03. The number of hydrogen-bond donors (Lipinski definition) is 2. The van der Waals surface area contributed by atoms with Gasteiger partial charge in [0, 0.05) is 12.1 Å². The molecule has 0 saturated carbocycles. The van der Waals surface area contributed by atoms with Crippen LogP contribution in [-0.4, -0.2) is 8.42 Å². The summed E-state index contributed by atoms with van der Waals surface area (Å²) in [4.78, 5) is 2.76. The van der Waals surface area contributed by atoms with Crippen molar-refractivity contribution in [1.82, 2.24) is 4.83 Å². The van der Waals surface area contributed by atoms with Gasteiger partial charge in [-0.3, -0.25) is 0 Å². The SMILES string of the molecule is O=S(=O)(N[NH2+]c1ccccc1)c1ccc2ccccc2c1.[Cl-]. The maximum atomic E-state index is 12.3. The van der Waals surface area contributed by atoms with Crippen LogP contribution in [0.3, 0.4) is 0 Å². The summed E-state index contributed by atoms with van der Waals surface area (Å²) in [5, 5.41) is 1.92. The summed E-state index contributed by atoms with van der Waals surface area (Å²) in [6.07, 6.45) is 0. The summed E-state index contributed by atoms with van der Waals surface area (Å²) < 4.78 is 24.6. The number of nitrogens with one attached hydrogen (secondary N) is 1. The smallest absolute Gasteiger partial charge is 0.282 e. The molecule has 0 fully saturated rings. The molecule has 114 valence electrons. The molecule has 0 radical (unpaired) electrons. The van der Waals surface area contributed by atoms with E-state index in [2.05, 4.69) is 4.83 Å². The van der Waals surface area contributed by atoms with E-state index in [0.29, 0.717) is 0 Å². The van der Waals surface area contributed by atoms with Crippen molar-refractivity contribution >= 4 is 26.5 Å². The van der Waals surface area contributed by atoms with Gasteiger partial charge in [0.25, 0.3) is 10.0 Å². The average molecular weight is 335 g/mol. The molecule has 22 heavy (non-hydrogen) atoms. The molecule has 0 atom stereocenters. The van der Waals surface area contributed by atoms with Crippen molar-refractivity contribution in [3.05, 3.63) is 72.8 Å². The fourth-order valence-electron chi connectivity index (χ4n) is 2.10. The van der Waals surface area contributed by atoms with Gasteiger partial charge in [0.1, 0.15) is 5.69 Å². The van der Waals surface area contributed by atoms with Crippen molar-refractivity contribution in [2.24, 2.45) is 0 Å². The van der Waals surface area contributed by atoms with Crippen LogP contribution >= 0.6 is 0 Å². The Morgan fingerprint density at radius 3 is 2.14 bits per heavy atom. The summed E-state index contributed by atoms with van der Waals surface area (Å²) in [6.45, 7) is 0. The van der Waals surface area contributed by atoms with Gasteiger partial charge in [0.05, 0.1) is 4.90 Å². The Morgan fingerprint density at radius 1 is 0.773 bits per heavy atom. The number of quaternary nitrogens is 1. The standard InChI is InChI=1S/C16H14N2O2S.ClH/c19-21(20,18-17-15-8-2-1-3-9-15)16-11-10-13-6-4-5-7-14(13)12-16;/h1-12,17-18H;1H. The fourth-order valence-corrected chi connectivity index (χ4v) is 3.05. The number of para-hydroxylation sites is 1. The van der Waals surface area contributed by atoms with Crippen LogP contribution in [0.15, 0.2) is 77.7 Å². The molecular formula is C16H15ClN2O2S. The van der Waals surface area contributed by atoms with Crippen LogP contribution in [0.2, 0.25) is 0 Å². The van der Waals surface area contributed by atoms with Gasteiger partial charge in [-0.25, -0.2) is 13.8 Å². The highest BCUT2D eigenvalue weighted by Crippen LogP contribution is 2.18. The molecule has 0 aliphatic carbocycles. The lowest BCUT2D eigenvalue weighted by atomic mass is 10.1.